The van der Waals surface area contributed by atoms with E-state index in [0.717, 1.165) is 18.9 Å². The van der Waals surface area contributed by atoms with Crippen molar-refractivity contribution in [2.24, 2.45) is 0 Å². The summed E-state index contributed by atoms with van der Waals surface area (Å²) in [4.78, 5) is 38.8. The molecule has 1 aliphatic carbocycles. The van der Waals surface area contributed by atoms with E-state index in [9.17, 15) is 14.4 Å². The summed E-state index contributed by atoms with van der Waals surface area (Å²) in [5.41, 5.74) is -1.49. The van der Waals surface area contributed by atoms with Crippen molar-refractivity contribution in [1.29, 1.82) is 0 Å². The highest BCUT2D eigenvalue weighted by Gasteiger charge is 2.32. The molecule has 0 spiro atoms. The van der Waals surface area contributed by atoms with Crippen LogP contribution in [0.1, 0.15) is 40.8 Å². The average molecular weight is 505 g/mol. The van der Waals surface area contributed by atoms with E-state index in [-0.39, 0.29) is 52.4 Å². The number of hydrogen-bond donors (Lipinski definition) is 1. The van der Waals surface area contributed by atoms with E-state index >= 15 is 8.78 Å². The van der Waals surface area contributed by atoms with Crippen molar-refractivity contribution in [2.75, 3.05) is 38.2 Å². The minimum absolute atomic E-state index is 0.000441. The molecule has 10 nitrogen and oxygen atoms in total. The zero-order valence-electron chi connectivity index (χ0n) is 19.8. The van der Waals surface area contributed by atoms with E-state index in [4.69, 9.17) is 18.3 Å². The van der Waals surface area contributed by atoms with Crippen molar-refractivity contribution in [3.63, 3.8) is 0 Å². The highest BCUT2D eigenvalue weighted by Crippen LogP contribution is 2.40. The summed E-state index contributed by atoms with van der Waals surface area (Å²) in [5, 5.41) is 2.75. The first-order chi connectivity index (χ1) is 17.3. The summed E-state index contributed by atoms with van der Waals surface area (Å²) in [6, 6.07) is 0.844. The Labute approximate surface area is 203 Å². The lowest BCUT2D eigenvalue weighted by Crippen LogP contribution is -2.47. The van der Waals surface area contributed by atoms with Crippen molar-refractivity contribution < 1.29 is 31.9 Å². The summed E-state index contributed by atoms with van der Waals surface area (Å²) in [6.07, 6.45) is 2.46. The molecular weight excluding hydrogens is 480 g/mol. The molecule has 0 bridgehead atoms. The molecule has 2 aliphatic rings. The standard InChI is InChI=1S/C24H25F2N3O7/c1-12-18(36-24(32)35-12)11-34-23(31)16-10-29(13-3-4-13)20-15(22(16)30)7-17(25)21(19(20)26)28-5-6-33-14(9-28)8-27-2/h7,10,13-14,27H,3-6,8-9,11H2,1-2H3. The van der Waals surface area contributed by atoms with Crippen LogP contribution in [0.25, 0.3) is 10.9 Å². The van der Waals surface area contributed by atoms with Crippen molar-refractivity contribution in [3.8, 4) is 0 Å². The van der Waals surface area contributed by atoms with Gasteiger partial charge in [0.05, 0.1) is 23.6 Å². The number of anilines is 1. The van der Waals surface area contributed by atoms with Gasteiger partial charge in [-0.25, -0.2) is 18.4 Å². The van der Waals surface area contributed by atoms with Gasteiger partial charge in [-0.3, -0.25) is 4.79 Å². The van der Waals surface area contributed by atoms with E-state index in [1.165, 1.54) is 17.7 Å². The number of pyridine rings is 1. The first kappa shape index (κ1) is 24.2. The molecule has 192 valence electrons. The molecule has 1 unspecified atom stereocenters. The van der Waals surface area contributed by atoms with E-state index < -0.39 is 35.5 Å². The Morgan fingerprint density at radius 1 is 1.25 bits per heavy atom. The summed E-state index contributed by atoms with van der Waals surface area (Å²) < 4.78 is 53.1. The highest BCUT2D eigenvalue weighted by atomic mass is 19.1. The minimum Gasteiger partial charge on any atom is -0.454 e. The number of carbonyl (C=O) groups is 1. The Morgan fingerprint density at radius 3 is 2.69 bits per heavy atom. The quantitative estimate of drug-likeness (QED) is 0.483. The number of morpholine rings is 1. The number of rotatable bonds is 7. The summed E-state index contributed by atoms with van der Waals surface area (Å²) in [7, 11) is 1.77. The number of benzene rings is 1. The molecule has 0 radical (unpaired) electrons. The topological polar surface area (TPSA) is 116 Å². The van der Waals surface area contributed by atoms with Crippen LogP contribution in [0, 0.1) is 18.6 Å². The third-order valence-electron chi connectivity index (χ3n) is 6.40. The Hall–Kier alpha value is -3.51. The minimum atomic E-state index is -1.01. The molecule has 1 saturated heterocycles. The van der Waals surface area contributed by atoms with Gasteiger partial charge < -0.3 is 33.1 Å². The molecule has 1 saturated carbocycles. The molecular formula is C24H25F2N3O7. The lowest BCUT2D eigenvalue weighted by atomic mass is 10.1. The van der Waals surface area contributed by atoms with Crippen molar-refractivity contribution in [2.45, 2.75) is 38.5 Å². The largest absolute Gasteiger partial charge is 0.519 e. The zero-order chi connectivity index (χ0) is 25.6. The smallest absolute Gasteiger partial charge is 0.454 e. The van der Waals surface area contributed by atoms with Gasteiger partial charge in [-0.1, -0.05) is 0 Å². The Balaban J connectivity index is 1.54. The van der Waals surface area contributed by atoms with Crippen molar-refractivity contribution in [1.82, 2.24) is 9.88 Å². The highest BCUT2D eigenvalue weighted by molar-refractivity contribution is 5.95. The van der Waals surface area contributed by atoms with Crippen molar-refractivity contribution >= 4 is 22.6 Å². The Bertz CT molecular complexity index is 1440. The molecule has 1 aliphatic heterocycles. The summed E-state index contributed by atoms with van der Waals surface area (Å²) in [6.45, 7) is 2.42. The lowest BCUT2D eigenvalue weighted by molar-refractivity contribution is 0.0417. The third-order valence-corrected chi connectivity index (χ3v) is 6.40. The molecule has 2 fully saturated rings. The van der Waals surface area contributed by atoms with E-state index in [2.05, 4.69) is 5.32 Å². The molecule has 2 aromatic heterocycles. The predicted molar refractivity (Wildman–Crippen MR) is 123 cm³/mol. The van der Waals surface area contributed by atoms with E-state index in [1.54, 1.807) is 11.9 Å². The van der Waals surface area contributed by atoms with Gasteiger partial charge in [-0.2, -0.15) is 0 Å². The second-order valence-corrected chi connectivity index (χ2v) is 8.93. The molecule has 1 aromatic carbocycles. The number of carbonyl (C=O) groups excluding carboxylic acids is 1. The van der Waals surface area contributed by atoms with Crippen LogP contribution in [0.4, 0.5) is 14.5 Å². The third kappa shape index (κ3) is 4.42. The molecule has 1 atom stereocenters. The maximum Gasteiger partial charge on any atom is 0.519 e. The fraction of sp³-hybridized carbons (Fsp3) is 0.458. The number of fused-ring (bicyclic) bond motifs is 1. The van der Waals surface area contributed by atoms with Gasteiger partial charge in [0.25, 0.3) is 0 Å². The van der Waals surface area contributed by atoms with Gasteiger partial charge in [-0.05, 0) is 32.9 Å². The van der Waals surface area contributed by atoms with Gasteiger partial charge in [0.2, 0.25) is 5.43 Å². The number of hydrogen-bond acceptors (Lipinski definition) is 9. The van der Waals surface area contributed by atoms with Crippen LogP contribution >= 0.6 is 0 Å². The molecule has 36 heavy (non-hydrogen) atoms. The van der Waals surface area contributed by atoms with Crippen LogP contribution in [0.2, 0.25) is 0 Å². The number of halogens is 2. The molecule has 3 aromatic rings. The van der Waals surface area contributed by atoms with Gasteiger partial charge in [-0.15, -0.1) is 0 Å². The van der Waals surface area contributed by atoms with Crippen LogP contribution in [-0.4, -0.2) is 49.9 Å². The van der Waals surface area contributed by atoms with Gasteiger partial charge in [0, 0.05) is 31.9 Å². The maximum absolute atomic E-state index is 15.9. The first-order valence-corrected chi connectivity index (χ1v) is 11.6. The number of ether oxygens (including phenoxy) is 2. The van der Waals surface area contributed by atoms with Crippen LogP contribution < -0.4 is 21.5 Å². The number of aryl methyl sites for hydroxylation is 1. The van der Waals surface area contributed by atoms with E-state index in [1.807, 2.05) is 0 Å². The van der Waals surface area contributed by atoms with Crippen LogP contribution in [-0.2, 0) is 16.1 Å². The van der Waals surface area contributed by atoms with E-state index in [0.29, 0.717) is 19.7 Å². The maximum atomic E-state index is 15.9. The molecule has 1 N–H and O–H groups in total. The fourth-order valence-electron chi connectivity index (χ4n) is 4.50. The fourth-order valence-corrected chi connectivity index (χ4v) is 4.50. The summed E-state index contributed by atoms with van der Waals surface area (Å²) in [5.74, 6) is -3.56. The second kappa shape index (κ2) is 9.51. The predicted octanol–water partition coefficient (Wildman–Crippen LogP) is 2.25. The van der Waals surface area contributed by atoms with Crippen LogP contribution in [0.15, 0.2) is 30.7 Å². The zero-order valence-corrected chi connectivity index (χ0v) is 19.8. The Morgan fingerprint density at radius 2 is 2.03 bits per heavy atom. The normalized spacial score (nSPS) is 18.1. The average Bonchev–Trinajstić information content (AvgIpc) is 3.63. The SMILES string of the molecule is CNCC1CN(c2c(F)cc3c(=O)c(C(=O)OCc4oc(=O)oc4C)cn(C4CC4)c3c2F)CCO1. The number of esters is 1. The Kier molecular flexibility index (Phi) is 6.39. The molecule has 5 rings (SSSR count). The summed E-state index contributed by atoms with van der Waals surface area (Å²) >= 11 is 0. The molecule has 12 heteroatoms. The number of aromatic nitrogens is 1. The van der Waals surface area contributed by atoms with Crippen molar-refractivity contribution in [3.05, 3.63) is 61.8 Å². The number of nitrogens with one attached hydrogen (secondary N) is 1. The number of nitrogens with zero attached hydrogens (tertiary/aromatic N) is 2. The van der Waals surface area contributed by atoms with Crippen LogP contribution in [0.5, 0.6) is 0 Å². The lowest BCUT2D eigenvalue weighted by Gasteiger charge is -2.35. The van der Waals surface area contributed by atoms with Gasteiger partial charge >= 0.3 is 11.8 Å². The molecule has 3 heterocycles. The van der Waals surface area contributed by atoms with Crippen LogP contribution in [0.3, 0.4) is 0 Å². The monoisotopic (exact) mass is 505 g/mol. The molecule has 0 amide bonds. The first-order valence-electron chi connectivity index (χ1n) is 11.6. The van der Waals surface area contributed by atoms with Gasteiger partial charge in [0.15, 0.2) is 23.9 Å². The second-order valence-electron chi connectivity index (χ2n) is 8.93. The van der Waals surface area contributed by atoms with Gasteiger partial charge in [0.1, 0.15) is 17.1 Å². The number of likely N-dealkylation sites (N-methyl/N-ethyl adjacent to an activating group) is 1.